The molecule has 1 aromatic heterocycles. The number of aromatic nitrogens is 1. The topological polar surface area (TPSA) is 61.9 Å². The summed E-state index contributed by atoms with van der Waals surface area (Å²) >= 11 is 5.61. The Hall–Kier alpha value is -4.24. The maximum absolute atomic E-state index is 15.1. The highest BCUT2D eigenvalue weighted by atomic mass is 32.1. The molecule has 202 valence electrons. The number of anilines is 2. The average molecular weight is 558 g/mol. The second-order valence-electron chi connectivity index (χ2n) is 9.61. The summed E-state index contributed by atoms with van der Waals surface area (Å²) in [6.07, 6.45) is -2.87. The zero-order valence-electron chi connectivity index (χ0n) is 21.4. The van der Waals surface area contributed by atoms with E-state index in [1.165, 1.54) is 29.0 Å². The summed E-state index contributed by atoms with van der Waals surface area (Å²) in [6.45, 7) is 11.9. The fourth-order valence-corrected chi connectivity index (χ4v) is 4.96. The van der Waals surface area contributed by atoms with E-state index in [1.54, 1.807) is 39.0 Å². The molecular formula is C27H23F4N5O2S. The number of rotatable bonds is 5. The van der Waals surface area contributed by atoms with Crippen LogP contribution in [0.1, 0.15) is 40.9 Å². The monoisotopic (exact) mass is 557 g/mol. The summed E-state index contributed by atoms with van der Waals surface area (Å²) in [7, 11) is 1.37. The van der Waals surface area contributed by atoms with E-state index in [0.717, 1.165) is 23.0 Å². The molecule has 7 nitrogen and oxygen atoms in total. The third-order valence-corrected chi connectivity index (χ3v) is 6.83. The first kappa shape index (κ1) is 27.8. The van der Waals surface area contributed by atoms with Gasteiger partial charge in [-0.05, 0) is 62.8 Å². The largest absolute Gasteiger partial charge is 0.418 e. The molecule has 0 bridgehead atoms. The van der Waals surface area contributed by atoms with E-state index in [1.807, 2.05) is 0 Å². The summed E-state index contributed by atoms with van der Waals surface area (Å²) in [5.41, 5.74) is -0.917. The Morgan fingerprint density at radius 2 is 1.79 bits per heavy atom. The van der Waals surface area contributed by atoms with Crippen LogP contribution in [0.3, 0.4) is 0 Å². The molecule has 1 N–H and O–H groups in total. The Labute approximate surface area is 227 Å². The van der Waals surface area contributed by atoms with Crippen LogP contribution in [0.2, 0.25) is 0 Å². The first-order chi connectivity index (χ1) is 18.2. The predicted octanol–water partition coefficient (Wildman–Crippen LogP) is 5.89. The highest BCUT2D eigenvalue weighted by Gasteiger charge is 2.50. The SMILES string of the molecule is [C-]#[N+]c1ccc(N2C(=O)C(C)(C)N(c3ccc(CNC(=O)c4cn(C)cc4C(F)(F)F)c(F)c3)C2=S)cc1C. The first-order valence-corrected chi connectivity index (χ1v) is 12.0. The maximum atomic E-state index is 15.1. The lowest BCUT2D eigenvalue weighted by Gasteiger charge is -2.29. The molecule has 0 saturated carbocycles. The third kappa shape index (κ3) is 4.97. The van der Waals surface area contributed by atoms with Crippen LogP contribution in [0.4, 0.5) is 34.6 Å². The number of carbonyl (C=O) groups excluding carboxylic acids is 2. The molecule has 1 aliphatic heterocycles. The number of alkyl halides is 3. The van der Waals surface area contributed by atoms with E-state index in [4.69, 9.17) is 18.8 Å². The Bertz CT molecular complexity index is 1550. The van der Waals surface area contributed by atoms with Crippen molar-refractivity contribution in [3.63, 3.8) is 0 Å². The van der Waals surface area contributed by atoms with Crippen LogP contribution in [0.5, 0.6) is 0 Å². The Balaban J connectivity index is 1.57. The molecule has 39 heavy (non-hydrogen) atoms. The van der Waals surface area contributed by atoms with Crippen LogP contribution in [0.15, 0.2) is 48.8 Å². The minimum atomic E-state index is -4.72. The molecular weight excluding hydrogens is 534 g/mol. The number of aryl methyl sites for hydroxylation is 2. The summed E-state index contributed by atoms with van der Waals surface area (Å²) in [4.78, 5) is 32.1. The molecule has 0 spiro atoms. The molecule has 0 unspecified atom stereocenters. The standard InChI is InChI=1S/C27H23F4N5O2S/c1-15-10-17(8-9-22(15)32-4)35-24(38)26(2,3)36(25(35)39)18-7-6-16(21(28)11-18)12-33-23(37)19-13-34(5)14-20(19)27(29,30)31/h6-11,13-14H,12H2,1-3,5H3,(H,33,37). The second-order valence-corrected chi connectivity index (χ2v) is 9.97. The fourth-order valence-electron chi connectivity index (χ4n) is 4.44. The number of carbonyl (C=O) groups is 2. The van der Waals surface area contributed by atoms with E-state index in [0.29, 0.717) is 16.9 Å². The van der Waals surface area contributed by atoms with Crippen LogP contribution in [0.25, 0.3) is 4.85 Å². The van der Waals surface area contributed by atoms with Gasteiger partial charge in [0.2, 0.25) is 0 Å². The van der Waals surface area contributed by atoms with Gasteiger partial charge in [0.05, 0.1) is 17.7 Å². The molecule has 0 aliphatic carbocycles. The molecule has 2 amide bonds. The van der Waals surface area contributed by atoms with Crippen molar-refractivity contribution in [1.82, 2.24) is 9.88 Å². The smallest absolute Gasteiger partial charge is 0.356 e. The van der Waals surface area contributed by atoms with E-state index in [-0.39, 0.29) is 28.8 Å². The van der Waals surface area contributed by atoms with Gasteiger partial charge in [-0.25, -0.2) is 9.24 Å². The highest BCUT2D eigenvalue weighted by Crippen LogP contribution is 2.38. The van der Waals surface area contributed by atoms with E-state index in [9.17, 15) is 22.8 Å². The second kappa shape index (κ2) is 9.81. The number of hydrogen-bond acceptors (Lipinski definition) is 3. The number of nitrogens with zero attached hydrogens (tertiary/aromatic N) is 4. The van der Waals surface area contributed by atoms with E-state index in [2.05, 4.69) is 10.2 Å². The van der Waals surface area contributed by atoms with Crippen molar-refractivity contribution < 1.29 is 27.2 Å². The van der Waals surface area contributed by atoms with E-state index >= 15 is 4.39 Å². The maximum Gasteiger partial charge on any atom is 0.418 e. The lowest BCUT2D eigenvalue weighted by molar-refractivity contribution is -0.137. The van der Waals surface area contributed by atoms with Crippen molar-refractivity contribution in [3.05, 3.63) is 88.3 Å². The van der Waals surface area contributed by atoms with Crippen LogP contribution in [-0.2, 0) is 24.6 Å². The molecule has 3 aromatic rings. The van der Waals surface area contributed by atoms with Crippen molar-refractivity contribution in [3.8, 4) is 0 Å². The van der Waals surface area contributed by atoms with Gasteiger partial charge < -0.3 is 14.8 Å². The van der Waals surface area contributed by atoms with Gasteiger partial charge in [0.15, 0.2) is 10.8 Å². The van der Waals surface area contributed by atoms with Crippen molar-refractivity contribution in [1.29, 1.82) is 0 Å². The molecule has 1 saturated heterocycles. The molecule has 2 heterocycles. The molecule has 0 radical (unpaired) electrons. The van der Waals surface area contributed by atoms with Crippen molar-refractivity contribution in [2.24, 2.45) is 7.05 Å². The van der Waals surface area contributed by atoms with E-state index < -0.39 is 34.6 Å². The summed E-state index contributed by atoms with van der Waals surface area (Å²) in [5.74, 6) is -2.07. The van der Waals surface area contributed by atoms with Crippen molar-refractivity contribution >= 4 is 46.2 Å². The van der Waals surface area contributed by atoms with Gasteiger partial charge in [0, 0.05) is 42.9 Å². The van der Waals surface area contributed by atoms with Crippen molar-refractivity contribution in [2.45, 2.75) is 39.0 Å². The number of halogens is 4. The molecule has 12 heteroatoms. The minimum absolute atomic E-state index is 0.0352. The van der Waals surface area contributed by atoms with Gasteiger partial charge in [-0.15, -0.1) is 0 Å². The molecule has 4 rings (SSSR count). The van der Waals surface area contributed by atoms with Gasteiger partial charge in [-0.2, -0.15) is 13.2 Å². The Morgan fingerprint density at radius 3 is 2.38 bits per heavy atom. The Morgan fingerprint density at radius 1 is 1.13 bits per heavy atom. The normalized spacial score (nSPS) is 15.1. The Kier molecular flexibility index (Phi) is 6.99. The first-order valence-electron chi connectivity index (χ1n) is 11.6. The number of thiocarbonyl (C=S) groups is 1. The number of nitrogens with one attached hydrogen (secondary N) is 1. The minimum Gasteiger partial charge on any atom is -0.356 e. The van der Waals surface area contributed by atoms with Gasteiger partial charge in [0.25, 0.3) is 11.8 Å². The van der Waals surface area contributed by atoms with Gasteiger partial charge in [-0.1, -0.05) is 12.1 Å². The summed E-state index contributed by atoms with van der Waals surface area (Å²) in [6, 6.07) is 8.95. The highest BCUT2D eigenvalue weighted by molar-refractivity contribution is 7.81. The molecule has 1 fully saturated rings. The predicted molar refractivity (Wildman–Crippen MR) is 142 cm³/mol. The zero-order valence-corrected chi connectivity index (χ0v) is 22.2. The number of amides is 2. The van der Waals surface area contributed by atoms with Crippen LogP contribution in [-0.4, -0.2) is 27.0 Å². The number of hydrogen-bond donors (Lipinski definition) is 1. The van der Waals surface area contributed by atoms with Gasteiger partial charge in [0.1, 0.15) is 11.4 Å². The zero-order chi connectivity index (χ0) is 28.9. The quantitative estimate of drug-likeness (QED) is 0.242. The van der Waals surface area contributed by atoms with Gasteiger partial charge >= 0.3 is 6.18 Å². The lowest BCUT2D eigenvalue weighted by atomic mass is 10.0. The lowest BCUT2D eigenvalue weighted by Crippen LogP contribution is -2.44. The summed E-state index contributed by atoms with van der Waals surface area (Å²) in [5, 5.41) is 2.45. The molecule has 1 aliphatic rings. The number of benzene rings is 2. The molecule has 2 aromatic carbocycles. The summed E-state index contributed by atoms with van der Waals surface area (Å²) < 4.78 is 56.0. The third-order valence-electron chi connectivity index (χ3n) is 6.47. The van der Waals surface area contributed by atoms with Crippen LogP contribution in [0, 0.1) is 19.3 Å². The average Bonchev–Trinajstić information content (AvgIpc) is 3.33. The van der Waals surface area contributed by atoms with Crippen LogP contribution < -0.4 is 15.1 Å². The van der Waals surface area contributed by atoms with Gasteiger partial charge in [-0.3, -0.25) is 14.5 Å². The van der Waals surface area contributed by atoms with Crippen molar-refractivity contribution in [2.75, 3.05) is 9.80 Å². The fraction of sp³-hybridized carbons (Fsp3) is 0.259. The van der Waals surface area contributed by atoms with Crippen LogP contribution >= 0.6 is 12.2 Å². The molecule has 0 atom stereocenters.